The van der Waals surface area contributed by atoms with Gasteiger partial charge in [0.1, 0.15) is 11.5 Å². The van der Waals surface area contributed by atoms with Crippen molar-refractivity contribution in [1.29, 1.82) is 0 Å². The standard InChI is InChI=1S/C19H15FN4O4/c1-26-16-6-12(7-17-18(16)28-11-27-17)8-22-23-19(25)15-9-21-10-24(15)14-4-2-13(20)3-5-14/h2-10H,11H2,1H3,(H,23,25)/b22-8+. The predicted molar refractivity (Wildman–Crippen MR) is 97.7 cm³/mol. The molecule has 0 saturated carbocycles. The molecule has 1 aliphatic rings. The third-order valence-corrected chi connectivity index (χ3v) is 4.04. The lowest BCUT2D eigenvalue weighted by Gasteiger charge is -2.07. The zero-order valence-corrected chi connectivity index (χ0v) is 14.8. The van der Waals surface area contributed by atoms with Gasteiger partial charge in [-0.25, -0.2) is 14.8 Å². The molecule has 3 aromatic rings. The van der Waals surface area contributed by atoms with E-state index in [9.17, 15) is 9.18 Å². The number of aromatic nitrogens is 2. The molecular formula is C19H15FN4O4. The molecule has 2 aromatic carbocycles. The first-order valence-electron chi connectivity index (χ1n) is 8.25. The summed E-state index contributed by atoms with van der Waals surface area (Å²) >= 11 is 0. The first-order valence-corrected chi connectivity index (χ1v) is 8.25. The van der Waals surface area contributed by atoms with Crippen LogP contribution in [-0.4, -0.2) is 35.6 Å². The Morgan fingerprint density at radius 1 is 1.32 bits per heavy atom. The van der Waals surface area contributed by atoms with Gasteiger partial charge in [0.15, 0.2) is 11.5 Å². The Morgan fingerprint density at radius 3 is 2.93 bits per heavy atom. The summed E-state index contributed by atoms with van der Waals surface area (Å²) in [4.78, 5) is 16.4. The van der Waals surface area contributed by atoms with Gasteiger partial charge in [-0.05, 0) is 36.4 Å². The Labute approximate surface area is 159 Å². The molecule has 1 aliphatic heterocycles. The number of halogens is 1. The number of methoxy groups -OCH3 is 1. The van der Waals surface area contributed by atoms with E-state index in [4.69, 9.17) is 14.2 Å². The van der Waals surface area contributed by atoms with E-state index in [-0.39, 0.29) is 18.3 Å². The van der Waals surface area contributed by atoms with E-state index in [1.54, 1.807) is 24.3 Å². The van der Waals surface area contributed by atoms with E-state index in [0.29, 0.717) is 28.5 Å². The smallest absolute Gasteiger partial charge is 0.289 e. The quantitative estimate of drug-likeness (QED) is 0.541. The number of amides is 1. The molecule has 1 aromatic heterocycles. The van der Waals surface area contributed by atoms with Gasteiger partial charge < -0.3 is 14.2 Å². The van der Waals surface area contributed by atoms with Crippen LogP contribution < -0.4 is 19.6 Å². The molecule has 0 saturated heterocycles. The maximum Gasteiger partial charge on any atom is 0.289 e. The van der Waals surface area contributed by atoms with E-state index in [2.05, 4.69) is 15.5 Å². The van der Waals surface area contributed by atoms with Crippen LogP contribution in [0.1, 0.15) is 16.1 Å². The lowest BCUT2D eigenvalue weighted by Crippen LogP contribution is -2.20. The summed E-state index contributed by atoms with van der Waals surface area (Å²) in [5.41, 5.74) is 3.97. The van der Waals surface area contributed by atoms with Crippen LogP contribution in [-0.2, 0) is 0 Å². The van der Waals surface area contributed by atoms with E-state index >= 15 is 0 Å². The number of hydrogen-bond donors (Lipinski definition) is 1. The number of carbonyl (C=O) groups excluding carboxylic acids is 1. The van der Waals surface area contributed by atoms with Crippen molar-refractivity contribution < 1.29 is 23.4 Å². The van der Waals surface area contributed by atoms with E-state index < -0.39 is 5.91 Å². The fourth-order valence-electron chi connectivity index (χ4n) is 2.72. The molecule has 0 fully saturated rings. The van der Waals surface area contributed by atoms with Crippen molar-refractivity contribution in [3.63, 3.8) is 0 Å². The zero-order valence-electron chi connectivity index (χ0n) is 14.8. The highest BCUT2D eigenvalue weighted by molar-refractivity contribution is 5.94. The van der Waals surface area contributed by atoms with Crippen molar-refractivity contribution in [1.82, 2.24) is 15.0 Å². The number of ether oxygens (including phenoxy) is 3. The first-order chi connectivity index (χ1) is 13.7. The Balaban J connectivity index is 1.50. The third kappa shape index (κ3) is 3.37. The van der Waals surface area contributed by atoms with Crippen LogP contribution in [0.25, 0.3) is 5.69 Å². The largest absolute Gasteiger partial charge is 0.493 e. The normalized spacial score (nSPS) is 12.4. The van der Waals surface area contributed by atoms with Gasteiger partial charge in [-0.1, -0.05) is 0 Å². The van der Waals surface area contributed by atoms with Crippen molar-refractivity contribution >= 4 is 12.1 Å². The number of nitrogens with one attached hydrogen (secondary N) is 1. The molecule has 4 rings (SSSR count). The van der Waals surface area contributed by atoms with Gasteiger partial charge in [-0.3, -0.25) is 9.36 Å². The molecule has 0 unspecified atom stereocenters. The lowest BCUT2D eigenvalue weighted by atomic mass is 10.2. The number of hydrogen-bond acceptors (Lipinski definition) is 6. The first kappa shape index (κ1) is 17.5. The molecular weight excluding hydrogens is 367 g/mol. The maximum absolute atomic E-state index is 13.1. The van der Waals surface area contributed by atoms with Gasteiger partial charge in [0.25, 0.3) is 5.91 Å². The summed E-state index contributed by atoms with van der Waals surface area (Å²) in [5, 5.41) is 3.97. The van der Waals surface area contributed by atoms with Crippen molar-refractivity contribution in [3.05, 3.63) is 66.0 Å². The number of carbonyl (C=O) groups is 1. The Morgan fingerprint density at radius 2 is 2.14 bits per heavy atom. The second-order valence-corrected chi connectivity index (χ2v) is 5.78. The molecule has 2 heterocycles. The monoisotopic (exact) mass is 382 g/mol. The van der Waals surface area contributed by atoms with Gasteiger partial charge in [-0.15, -0.1) is 0 Å². The molecule has 1 amide bonds. The fourth-order valence-corrected chi connectivity index (χ4v) is 2.72. The van der Waals surface area contributed by atoms with Gasteiger partial charge in [0.2, 0.25) is 12.5 Å². The molecule has 9 heteroatoms. The van der Waals surface area contributed by atoms with Gasteiger partial charge >= 0.3 is 0 Å². The Bertz CT molecular complexity index is 1050. The fraction of sp³-hybridized carbons (Fsp3) is 0.105. The molecule has 0 spiro atoms. The highest BCUT2D eigenvalue weighted by Crippen LogP contribution is 2.41. The van der Waals surface area contributed by atoms with Crippen LogP contribution in [0, 0.1) is 5.82 Å². The van der Waals surface area contributed by atoms with Crippen molar-refractivity contribution in [2.24, 2.45) is 5.10 Å². The third-order valence-electron chi connectivity index (χ3n) is 4.04. The average molecular weight is 382 g/mol. The number of hydrazone groups is 1. The summed E-state index contributed by atoms with van der Waals surface area (Å²) in [7, 11) is 1.52. The minimum Gasteiger partial charge on any atom is -0.493 e. The van der Waals surface area contributed by atoms with Crippen LogP contribution in [0.2, 0.25) is 0 Å². The summed E-state index contributed by atoms with van der Waals surface area (Å²) in [5.74, 6) is 0.759. The highest BCUT2D eigenvalue weighted by atomic mass is 19.1. The van der Waals surface area contributed by atoms with E-state index in [1.807, 2.05) is 0 Å². The van der Waals surface area contributed by atoms with E-state index in [0.717, 1.165) is 0 Å². The van der Waals surface area contributed by atoms with Gasteiger partial charge in [0.05, 0.1) is 25.8 Å². The van der Waals surface area contributed by atoms with Crippen molar-refractivity contribution in [2.45, 2.75) is 0 Å². The maximum atomic E-state index is 13.1. The van der Waals surface area contributed by atoms with E-state index in [1.165, 1.54) is 42.5 Å². The average Bonchev–Trinajstić information content (AvgIpc) is 3.37. The number of nitrogens with zero attached hydrogens (tertiary/aromatic N) is 3. The summed E-state index contributed by atoms with van der Waals surface area (Å²) in [6, 6.07) is 9.16. The van der Waals surface area contributed by atoms with Gasteiger partial charge in [-0.2, -0.15) is 5.10 Å². The minimum absolute atomic E-state index is 0.121. The molecule has 142 valence electrons. The van der Waals surface area contributed by atoms with Crippen LogP contribution in [0.4, 0.5) is 4.39 Å². The molecule has 0 atom stereocenters. The van der Waals surface area contributed by atoms with Crippen LogP contribution in [0.15, 0.2) is 54.0 Å². The molecule has 1 N–H and O–H groups in total. The van der Waals surface area contributed by atoms with Crippen LogP contribution >= 0.6 is 0 Å². The van der Waals surface area contributed by atoms with Gasteiger partial charge in [0, 0.05) is 11.3 Å². The van der Waals surface area contributed by atoms with Crippen molar-refractivity contribution in [2.75, 3.05) is 13.9 Å². The van der Waals surface area contributed by atoms with Crippen LogP contribution in [0.5, 0.6) is 17.2 Å². The molecule has 28 heavy (non-hydrogen) atoms. The summed E-state index contributed by atoms with van der Waals surface area (Å²) in [6.07, 6.45) is 4.33. The number of fused-ring (bicyclic) bond motifs is 1. The second kappa shape index (κ2) is 7.39. The molecule has 0 aliphatic carbocycles. The lowest BCUT2D eigenvalue weighted by molar-refractivity contribution is 0.0948. The number of benzene rings is 2. The number of rotatable bonds is 5. The molecule has 0 bridgehead atoms. The summed E-state index contributed by atoms with van der Waals surface area (Å²) in [6.45, 7) is 0.121. The molecule has 0 radical (unpaired) electrons. The number of imidazole rings is 1. The Kier molecular flexibility index (Phi) is 4.63. The second-order valence-electron chi connectivity index (χ2n) is 5.78. The zero-order chi connectivity index (χ0) is 19.5. The SMILES string of the molecule is COc1cc(/C=N/NC(=O)c2cncn2-c2ccc(F)cc2)cc2c1OCO2. The minimum atomic E-state index is -0.467. The highest BCUT2D eigenvalue weighted by Gasteiger charge is 2.19. The summed E-state index contributed by atoms with van der Waals surface area (Å²) < 4.78 is 30.6. The predicted octanol–water partition coefficient (Wildman–Crippen LogP) is 2.51. The van der Waals surface area contributed by atoms with Crippen LogP contribution in [0.3, 0.4) is 0 Å². The topological polar surface area (TPSA) is 87.0 Å². The molecule has 8 nitrogen and oxygen atoms in total. The van der Waals surface area contributed by atoms with Crippen molar-refractivity contribution in [3.8, 4) is 22.9 Å². The Hall–Kier alpha value is -3.88.